The normalized spacial score (nSPS) is 10.3. The zero-order valence-electron chi connectivity index (χ0n) is 21.0. The number of carboxylic acids is 1. The van der Waals surface area contributed by atoms with Gasteiger partial charge in [0.25, 0.3) is 11.0 Å². The first-order chi connectivity index (χ1) is 16.1. The van der Waals surface area contributed by atoms with Crippen LogP contribution in [0, 0.1) is 0 Å². The van der Waals surface area contributed by atoms with Crippen LogP contribution < -0.4 is 0 Å². The fourth-order valence-corrected chi connectivity index (χ4v) is 4.09. The zero-order chi connectivity index (χ0) is 26.0. The number of aliphatic carboxylic acids is 1. The van der Waals surface area contributed by atoms with Gasteiger partial charge in [-0.15, -0.1) is 0 Å². The van der Waals surface area contributed by atoms with Crippen molar-refractivity contribution in [2.75, 3.05) is 0 Å². The smallest absolute Gasteiger partial charge is 0.377 e. The van der Waals surface area contributed by atoms with Crippen molar-refractivity contribution in [1.29, 1.82) is 0 Å². The Balaban J connectivity index is 0.000000340. The molecule has 0 saturated heterocycles. The maximum absolute atomic E-state index is 11.8. The molecule has 2 aromatic carbocycles. The number of carbonyl (C=O) groups excluding carboxylic acids is 3. The van der Waals surface area contributed by atoms with Crippen molar-refractivity contribution in [1.82, 2.24) is 0 Å². The minimum absolute atomic E-state index is 0.389. The molecule has 0 aliphatic heterocycles. The van der Waals surface area contributed by atoms with E-state index in [1.54, 1.807) is 0 Å². The number of carbonyl (C=O) groups is 4. The van der Waals surface area contributed by atoms with Crippen molar-refractivity contribution in [3.05, 3.63) is 68.8 Å². The molecule has 0 heterocycles. The summed E-state index contributed by atoms with van der Waals surface area (Å²) in [5.41, 5.74) is 6.76. The summed E-state index contributed by atoms with van der Waals surface area (Å²) in [4.78, 5) is 45.4. The third kappa shape index (κ3) is 7.10. The van der Waals surface area contributed by atoms with Gasteiger partial charge in [-0.1, -0.05) is 65.8 Å². The van der Waals surface area contributed by atoms with Crippen molar-refractivity contribution in [2.24, 2.45) is 0 Å². The maximum Gasteiger partial charge on any atom is 0.377 e. The number of rotatable bonds is 10. The Morgan fingerprint density at radius 1 is 0.588 bits per heavy atom. The van der Waals surface area contributed by atoms with Gasteiger partial charge in [-0.25, -0.2) is 4.79 Å². The van der Waals surface area contributed by atoms with E-state index < -0.39 is 22.8 Å². The molecule has 184 valence electrons. The summed E-state index contributed by atoms with van der Waals surface area (Å²) < 4.78 is 0. The highest BCUT2D eigenvalue weighted by molar-refractivity contribution is 6.83. The predicted molar refractivity (Wildman–Crippen MR) is 136 cm³/mol. The third-order valence-corrected chi connectivity index (χ3v) is 6.06. The highest BCUT2D eigenvalue weighted by Gasteiger charge is 2.22. The van der Waals surface area contributed by atoms with Crippen LogP contribution in [-0.2, 0) is 48.1 Å². The molecule has 0 amide bonds. The first-order valence-electron chi connectivity index (χ1n) is 11.9. The first kappa shape index (κ1) is 29.2. The van der Waals surface area contributed by atoms with Crippen molar-refractivity contribution in [3.63, 3.8) is 0 Å². The van der Waals surface area contributed by atoms with Crippen LogP contribution in [-0.4, -0.2) is 27.9 Å². The van der Waals surface area contributed by atoms with E-state index in [1.165, 1.54) is 5.56 Å². The van der Waals surface area contributed by atoms with E-state index in [0.717, 1.165) is 53.5 Å². The lowest BCUT2D eigenvalue weighted by atomic mass is 9.91. The van der Waals surface area contributed by atoms with Gasteiger partial charge in [0, 0.05) is 11.1 Å². The summed E-state index contributed by atoms with van der Waals surface area (Å²) in [6.07, 6.45) is 4.62. The number of hydrogen-bond acceptors (Lipinski definition) is 4. The highest BCUT2D eigenvalue weighted by Crippen LogP contribution is 2.22. The molecule has 1 N–H and O–H groups in total. The standard InChI is InChI=1S/C14H17ClO2.C14H18O3/c1-4-9-7-10(5-2)12(11(6-3)8-9)13(16)14(15)17;1-4-9-7-10(5-2)12(11(6-3)8-9)13(15)14(16)17/h7-8H,4-6H2,1-3H3;7-8H,4-6H2,1-3H3,(H,16,17). The average Bonchev–Trinajstić information content (AvgIpc) is 2.85. The van der Waals surface area contributed by atoms with Crippen molar-refractivity contribution in [3.8, 4) is 0 Å². The number of carboxylic acid groups (broad SMARTS) is 1. The van der Waals surface area contributed by atoms with Gasteiger partial charge >= 0.3 is 5.97 Å². The number of aryl methyl sites for hydroxylation is 6. The fraction of sp³-hybridized carbons (Fsp3) is 0.429. The van der Waals surface area contributed by atoms with Gasteiger partial charge in [-0.2, -0.15) is 0 Å². The Labute approximate surface area is 207 Å². The second-order valence-electron chi connectivity index (χ2n) is 7.94. The fourth-order valence-electron chi connectivity index (χ4n) is 3.99. The van der Waals surface area contributed by atoms with Gasteiger partial charge in [0.05, 0.1) is 0 Å². The largest absolute Gasteiger partial charge is 0.475 e. The molecule has 0 saturated carbocycles. The number of Topliss-reactive ketones (excluding diaryl/α,β-unsaturated/α-hetero) is 2. The number of hydrogen-bond donors (Lipinski definition) is 1. The molecule has 0 unspecified atom stereocenters. The topological polar surface area (TPSA) is 88.5 Å². The third-order valence-electron chi connectivity index (χ3n) is 5.89. The van der Waals surface area contributed by atoms with E-state index >= 15 is 0 Å². The first-order valence-corrected chi connectivity index (χ1v) is 12.3. The number of halogens is 1. The van der Waals surface area contributed by atoms with Gasteiger partial charge in [0.2, 0.25) is 5.78 Å². The Bertz CT molecular complexity index is 933. The molecule has 2 aromatic rings. The minimum Gasteiger partial charge on any atom is -0.475 e. The summed E-state index contributed by atoms with van der Waals surface area (Å²) in [6, 6.07) is 7.86. The second-order valence-corrected chi connectivity index (χ2v) is 8.28. The van der Waals surface area contributed by atoms with E-state index in [1.807, 2.05) is 58.9 Å². The molecule has 0 atom stereocenters. The van der Waals surface area contributed by atoms with Crippen LogP contribution in [0.1, 0.15) is 95.6 Å². The van der Waals surface area contributed by atoms with Gasteiger partial charge in [0.15, 0.2) is 0 Å². The van der Waals surface area contributed by atoms with Gasteiger partial charge < -0.3 is 5.11 Å². The van der Waals surface area contributed by atoms with Crippen LogP contribution in [0.3, 0.4) is 0 Å². The van der Waals surface area contributed by atoms with Crippen LogP contribution >= 0.6 is 11.6 Å². The SMILES string of the molecule is CCc1cc(CC)c(C(=O)C(=O)Cl)c(CC)c1.CCc1cc(CC)c(C(=O)C(=O)O)c(CC)c1. The van der Waals surface area contributed by atoms with Crippen LogP contribution in [0.5, 0.6) is 0 Å². The molecular formula is C28H35ClO5. The van der Waals surface area contributed by atoms with E-state index in [9.17, 15) is 19.2 Å². The molecule has 0 aliphatic carbocycles. The molecule has 0 bridgehead atoms. The van der Waals surface area contributed by atoms with Crippen molar-refractivity contribution < 1.29 is 24.3 Å². The maximum atomic E-state index is 11.8. The molecular weight excluding hydrogens is 452 g/mol. The second kappa shape index (κ2) is 13.8. The number of ketones is 2. The zero-order valence-corrected chi connectivity index (χ0v) is 21.8. The van der Waals surface area contributed by atoms with Crippen LogP contribution in [0.2, 0.25) is 0 Å². The molecule has 5 nitrogen and oxygen atoms in total. The van der Waals surface area contributed by atoms with Gasteiger partial charge in [-0.3, -0.25) is 14.4 Å². The summed E-state index contributed by atoms with van der Waals surface area (Å²) in [5.74, 6) is -2.75. The van der Waals surface area contributed by atoms with Crippen LogP contribution in [0.4, 0.5) is 0 Å². The van der Waals surface area contributed by atoms with Crippen molar-refractivity contribution in [2.45, 2.75) is 80.1 Å². The van der Waals surface area contributed by atoms with E-state index in [2.05, 4.69) is 6.92 Å². The average molecular weight is 487 g/mol. The lowest BCUT2D eigenvalue weighted by molar-refractivity contribution is -0.131. The minimum atomic E-state index is -1.38. The summed E-state index contributed by atoms with van der Waals surface area (Å²) in [7, 11) is 0. The summed E-state index contributed by atoms with van der Waals surface area (Å²) in [5, 5.41) is 7.95. The molecule has 0 aromatic heterocycles. The Morgan fingerprint density at radius 2 is 0.882 bits per heavy atom. The Hall–Kier alpha value is -2.79. The molecule has 6 heteroatoms. The highest BCUT2D eigenvalue weighted by atomic mass is 35.5. The molecule has 0 spiro atoms. The Kier molecular flexibility index (Phi) is 11.9. The lowest BCUT2D eigenvalue weighted by Crippen LogP contribution is -2.17. The lowest BCUT2D eigenvalue weighted by Gasteiger charge is -2.12. The molecule has 0 fully saturated rings. The molecule has 0 radical (unpaired) electrons. The van der Waals surface area contributed by atoms with Gasteiger partial charge in [0.1, 0.15) is 0 Å². The van der Waals surface area contributed by atoms with Crippen LogP contribution in [0.25, 0.3) is 0 Å². The summed E-state index contributed by atoms with van der Waals surface area (Å²) in [6.45, 7) is 11.9. The predicted octanol–water partition coefficient (Wildman–Crippen LogP) is 5.96. The molecule has 2 rings (SSSR count). The number of benzene rings is 2. The van der Waals surface area contributed by atoms with Gasteiger partial charge in [-0.05, 0) is 83.5 Å². The quantitative estimate of drug-likeness (QED) is 0.254. The van der Waals surface area contributed by atoms with E-state index in [0.29, 0.717) is 24.0 Å². The van der Waals surface area contributed by atoms with E-state index in [4.69, 9.17) is 16.7 Å². The van der Waals surface area contributed by atoms with Crippen LogP contribution in [0.15, 0.2) is 24.3 Å². The molecule has 0 aliphatic rings. The van der Waals surface area contributed by atoms with E-state index in [-0.39, 0.29) is 0 Å². The van der Waals surface area contributed by atoms with Crippen molar-refractivity contribution >= 4 is 34.4 Å². The Morgan fingerprint density at radius 3 is 1.09 bits per heavy atom. The summed E-state index contributed by atoms with van der Waals surface area (Å²) >= 11 is 5.31. The monoisotopic (exact) mass is 486 g/mol. The molecule has 34 heavy (non-hydrogen) atoms.